The molecule has 0 saturated carbocycles. The number of carbonyl (C=O) groups excluding carboxylic acids is 1. The van der Waals surface area contributed by atoms with Crippen molar-refractivity contribution >= 4 is 11.6 Å². The third-order valence-electron chi connectivity index (χ3n) is 3.61. The summed E-state index contributed by atoms with van der Waals surface area (Å²) in [6, 6.07) is 16.6. The lowest BCUT2D eigenvalue weighted by Crippen LogP contribution is -2.63. The summed E-state index contributed by atoms with van der Waals surface area (Å²) in [5.74, 6) is 0.714. The number of para-hydroxylation sites is 1. The zero-order valence-electron chi connectivity index (χ0n) is 11.2. The number of nitrogens with zero attached hydrogens (tertiary/aromatic N) is 1. The zero-order valence-corrected chi connectivity index (χ0v) is 11.2. The van der Waals surface area contributed by atoms with Crippen molar-refractivity contribution in [1.82, 2.24) is 0 Å². The van der Waals surface area contributed by atoms with Crippen molar-refractivity contribution in [2.24, 2.45) is 5.73 Å². The predicted octanol–water partition coefficient (Wildman–Crippen LogP) is 2.11. The summed E-state index contributed by atoms with van der Waals surface area (Å²) >= 11 is 0. The molecule has 1 amide bonds. The van der Waals surface area contributed by atoms with Crippen LogP contribution in [-0.2, 0) is 4.79 Å². The minimum atomic E-state index is -0.498. The maximum atomic E-state index is 12.1. The lowest BCUT2D eigenvalue weighted by atomic mass is 9.88. The molecule has 0 bridgehead atoms. The van der Waals surface area contributed by atoms with Gasteiger partial charge in [-0.1, -0.05) is 30.3 Å². The fraction of sp³-hybridized carbons (Fsp3) is 0.188. The van der Waals surface area contributed by atoms with E-state index >= 15 is 0 Å². The molecule has 0 aromatic heterocycles. The summed E-state index contributed by atoms with van der Waals surface area (Å²) in [7, 11) is 1.62. The number of methoxy groups -OCH3 is 1. The zero-order chi connectivity index (χ0) is 14.1. The van der Waals surface area contributed by atoms with Crippen molar-refractivity contribution in [3.8, 4) is 5.75 Å². The van der Waals surface area contributed by atoms with Crippen LogP contribution in [0.1, 0.15) is 11.6 Å². The third kappa shape index (κ3) is 1.94. The highest BCUT2D eigenvalue weighted by Gasteiger charge is 2.46. The number of nitrogens with two attached hydrogens (primary N) is 1. The lowest BCUT2D eigenvalue weighted by molar-refractivity contribution is -0.126. The number of hydrogen-bond acceptors (Lipinski definition) is 3. The first-order valence-electron chi connectivity index (χ1n) is 6.50. The van der Waals surface area contributed by atoms with Crippen LogP contribution in [0.15, 0.2) is 54.6 Å². The van der Waals surface area contributed by atoms with E-state index in [1.165, 1.54) is 0 Å². The molecule has 0 aliphatic carbocycles. The molecule has 3 rings (SSSR count). The Morgan fingerprint density at radius 2 is 1.85 bits per heavy atom. The van der Waals surface area contributed by atoms with Gasteiger partial charge in [0.25, 0.3) is 0 Å². The van der Waals surface area contributed by atoms with Gasteiger partial charge in [0.1, 0.15) is 11.8 Å². The van der Waals surface area contributed by atoms with Crippen molar-refractivity contribution in [1.29, 1.82) is 0 Å². The van der Waals surface area contributed by atoms with Crippen LogP contribution in [0.5, 0.6) is 5.75 Å². The van der Waals surface area contributed by atoms with E-state index in [2.05, 4.69) is 0 Å². The van der Waals surface area contributed by atoms with Crippen LogP contribution in [0.3, 0.4) is 0 Å². The largest absolute Gasteiger partial charge is 0.497 e. The van der Waals surface area contributed by atoms with Crippen LogP contribution in [-0.4, -0.2) is 19.1 Å². The molecule has 1 aliphatic heterocycles. The second-order valence-corrected chi connectivity index (χ2v) is 4.79. The van der Waals surface area contributed by atoms with Crippen molar-refractivity contribution in [2.45, 2.75) is 12.1 Å². The van der Waals surface area contributed by atoms with E-state index < -0.39 is 6.04 Å². The first-order chi connectivity index (χ1) is 9.72. The van der Waals surface area contributed by atoms with Crippen LogP contribution < -0.4 is 15.4 Å². The molecular weight excluding hydrogens is 252 g/mol. The van der Waals surface area contributed by atoms with Crippen LogP contribution >= 0.6 is 0 Å². The number of ether oxygens (including phenoxy) is 1. The van der Waals surface area contributed by atoms with Gasteiger partial charge in [-0.2, -0.15) is 0 Å². The van der Waals surface area contributed by atoms with Crippen molar-refractivity contribution in [3.63, 3.8) is 0 Å². The second-order valence-electron chi connectivity index (χ2n) is 4.79. The molecule has 0 radical (unpaired) electrons. The molecule has 2 aromatic carbocycles. The molecule has 1 heterocycles. The highest BCUT2D eigenvalue weighted by atomic mass is 16.5. The molecule has 0 unspecified atom stereocenters. The average Bonchev–Trinajstić information content (AvgIpc) is 2.52. The Morgan fingerprint density at radius 3 is 2.55 bits per heavy atom. The van der Waals surface area contributed by atoms with Crippen LogP contribution in [0, 0.1) is 0 Å². The summed E-state index contributed by atoms with van der Waals surface area (Å²) in [4.78, 5) is 13.8. The Balaban J connectivity index is 1.97. The molecule has 2 atom stereocenters. The van der Waals surface area contributed by atoms with E-state index in [1.807, 2.05) is 54.6 Å². The molecule has 2 aromatic rings. The molecule has 1 aliphatic rings. The maximum Gasteiger partial charge on any atom is 0.247 e. The first-order valence-corrected chi connectivity index (χ1v) is 6.50. The normalized spacial score (nSPS) is 21.5. The summed E-state index contributed by atoms with van der Waals surface area (Å²) in [5, 5.41) is 0. The predicted molar refractivity (Wildman–Crippen MR) is 77.6 cm³/mol. The summed E-state index contributed by atoms with van der Waals surface area (Å²) < 4.78 is 5.23. The quantitative estimate of drug-likeness (QED) is 0.867. The van der Waals surface area contributed by atoms with E-state index in [0.29, 0.717) is 0 Å². The second kappa shape index (κ2) is 4.98. The Hall–Kier alpha value is -2.33. The van der Waals surface area contributed by atoms with Gasteiger partial charge >= 0.3 is 0 Å². The molecule has 1 saturated heterocycles. The van der Waals surface area contributed by atoms with E-state index in [4.69, 9.17) is 10.5 Å². The molecule has 20 heavy (non-hydrogen) atoms. The topological polar surface area (TPSA) is 55.6 Å². The molecular formula is C16H16N2O2. The number of anilines is 1. The minimum absolute atomic E-state index is 0.0518. The van der Waals surface area contributed by atoms with Gasteiger partial charge in [0.2, 0.25) is 5.91 Å². The summed E-state index contributed by atoms with van der Waals surface area (Å²) in [5.41, 5.74) is 7.84. The first kappa shape index (κ1) is 12.7. The van der Waals surface area contributed by atoms with Gasteiger partial charge in [-0.25, -0.2) is 0 Å². The highest BCUT2D eigenvalue weighted by Crippen LogP contribution is 2.38. The summed E-state index contributed by atoms with van der Waals surface area (Å²) in [6.45, 7) is 0. The van der Waals surface area contributed by atoms with Gasteiger partial charge in [0.05, 0.1) is 13.2 Å². The summed E-state index contributed by atoms with van der Waals surface area (Å²) in [6.07, 6.45) is 0. The van der Waals surface area contributed by atoms with E-state index in [9.17, 15) is 4.79 Å². The van der Waals surface area contributed by atoms with Crippen molar-refractivity contribution in [3.05, 3.63) is 60.2 Å². The molecule has 1 fully saturated rings. The number of carbonyl (C=O) groups is 1. The Kier molecular flexibility index (Phi) is 3.16. The number of amides is 1. The van der Waals surface area contributed by atoms with Gasteiger partial charge in [-0.15, -0.1) is 0 Å². The fourth-order valence-electron chi connectivity index (χ4n) is 2.57. The maximum absolute atomic E-state index is 12.1. The van der Waals surface area contributed by atoms with E-state index in [1.54, 1.807) is 12.0 Å². The smallest absolute Gasteiger partial charge is 0.247 e. The molecule has 4 nitrogen and oxygen atoms in total. The average molecular weight is 268 g/mol. The molecule has 4 heteroatoms. The van der Waals surface area contributed by atoms with Crippen LogP contribution in [0.4, 0.5) is 5.69 Å². The van der Waals surface area contributed by atoms with Crippen LogP contribution in [0.25, 0.3) is 0 Å². The highest BCUT2D eigenvalue weighted by molar-refractivity contribution is 6.05. The van der Waals surface area contributed by atoms with Crippen molar-refractivity contribution in [2.75, 3.05) is 12.0 Å². The van der Waals surface area contributed by atoms with Gasteiger partial charge in [-0.3, -0.25) is 4.79 Å². The minimum Gasteiger partial charge on any atom is -0.497 e. The number of hydrogen-bond donors (Lipinski definition) is 1. The molecule has 2 N–H and O–H groups in total. The molecule has 102 valence electrons. The number of β-lactam (4-membered cyclic amide) rings is 1. The van der Waals surface area contributed by atoms with Crippen molar-refractivity contribution < 1.29 is 9.53 Å². The monoisotopic (exact) mass is 268 g/mol. The third-order valence-corrected chi connectivity index (χ3v) is 3.61. The van der Waals surface area contributed by atoms with Gasteiger partial charge in [-0.05, 0) is 29.8 Å². The Labute approximate surface area is 117 Å². The van der Waals surface area contributed by atoms with Gasteiger partial charge in [0, 0.05) is 5.69 Å². The van der Waals surface area contributed by atoms with E-state index in [-0.39, 0.29) is 11.9 Å². The number of rotatable bonds is 3. The van der Waals surface area contributed by atoms with Gasteiger partial charge < -0.3 is 15.4 Å². The number of benzene rings is 2. The Bertz CT molecular complexity index is 627. The lowest BCUT2D eigenvalue weighted by Gasteiger charge is -2.45. The van der Waals surface area contributed by atoms with Gasteiger partial charge in [0.15, 0.2) is 0 Å². The Morgan fingerprint density at radius 1 is 1.10 bits per heavy atom. The standard InChI is InChI=1S/C16H16N2O2/c1-20-13-9-5-6-11(10-13)15-14(17)16(19)18(15)12-7-3-2-4-8-12/h2-10,14-15H,17H2,1H3/t14-,15+/m0/s1. The van der Waals surface area contributed by atoms with Crippen LogP contribution in [0.2, 0.25) is 0 Å². The SMILES string of the molecule is COc1cccc([C@@H]2[C@H](N)C(=O)N2c2ccccc2)c1. The van der Waals surface area contributed by atoms with E-state index in [0.717, 1.165) is 17.0 Å². The molecule has 0 spiro atoms. The fourth-order valence-corrected chi connectivity index (χ4v) is 2.57.